The molecule has 0 saturated heterocycles. The van der Waals surface area contributed by atoms with Crippen LogP contribution < -0.4 is 4.74 Å². The summed E-state index contributed by atoms with van der Waals surface area (Å²) in [5, 5.41) is 0. The molecule has 3 aromatic carbocycles. The average Bonchev–Trinajstić information content (AvgIpc) is 2.68. The van der Waals surface area contributed by atoms with E-state index in [0.29, 0.717) is 16.9 Å². The van der Waals surface area contributed by atoms with Crippen molar-refractivity contribution < 1.29 is 14.3 Å². The van der Waals surface area contributed by atoms with Gasteiger partial charge in [-0.3, -0.25) is 4.79 Å². The third-order valence-corrected chi connectivity index (χ3v) is 5.64. The summed E-state index contributed by atoms with van der Waals surface area (Å²) in [4.78, 5) is 24.0. The zero-order valence-corrected chi connectivity index (χ0v) is 18.6. The number of benzene rings is 3. The monoisotopic (exact) mass is 400 g/mol. The number of ether oxygens (including phenoxy) is 1. The topological polar surface area (TPSA) is 43.4 Å². The van der Waals surface area contributed by atoms with Crippen LogP contribution >= 0.6 is 0 Å². The highest BCUT2D eigenvalue weighted by atomic mass is 16.5. The molecule has 0 saturated carbocycles. The van der Waals surface area contributed by atoms with Crippen molar-refractivity contribution in [3.63, 3.8) is 0 Å². The maximum Gasteiger partial charge on any atom is 0.343 e. The van der Waals surface area contributed by atoms with Crippen LogP contribution in [-0.2, 0) is 6.42 Å². The molecule has 3 aromatic rings. The summed E-state index contributed by atoms with van der Waals surface area (Å²) in [6.07, 6.45) is 0.838. The Morgan fingerprint density at radius 2 is 1.13 bits per heavy atom. The first kappa shape index (κ1) is 21.5. The van der Waals surface area contributed by atoms with Crippen LogP contribution in [0, 0.1) is 34.6 Å². The second-order valence-electron chi connectivity index (χ2n) is 8.11. The van der Waals surface area contributed by atoms with E-state index in [-0.39, 0.29) is 5.78 Å². The molecule has 30 heavy (non-hydrogen) atoms. The van der Waals surface area contributed by atoms with E-state index in [0.717, 1.165) is 17.5 Å². The minimum absolute atomic E-state index is 0.0313. The molecule has 0 aliphatic carbocycles. The van der Waals surface area contributed by atoms with Crippen LogP contribution in [-0.4, -0.2) is 11.8 Å². The van der Waals surface area contributed by atoms with Crippen LogP contribution in [0.2, 0.25) is 0 Å². The van der Waals surface area contributed by atoms with Gasteiger partial charge in [0.1, 0.15) is 5.75 Å². The lowest BCUT2D eigenvalue weighted by Gasteiger charge is -2.14. The molecule has 0 aliphatic heterocycles. The number of Topliss-reactive ketones (excluding diaryl/α,β-unsaturated/α-hetero) is 1. The average molecular weight is 401 g/mol. The van der Waals surface area contributed by atoms with Gasteiger partial charge in [-0.2, -0.15) is 0 Å². The highest BCUT2D eigenvalue weighted by Gasteiger charge is 2.14. The number of hydrogen-bond acceptors (Lipinski definition) is 3. The minimum Gasteiger partial charge on any atom is -0.422 e. The first-order valence-corrected chi connectivity index (χ1v) is 10.2. The molecule has 0 unspecified atom stereocenters. The second-order valence-corrected chi connectivity index (χ2v) is 8.11. The van der Waals surface area contributed by atoms with E-state index >= 15 is 0 Å². The van der Waals surface area contributed by atoms with E-state index in [1.54, 1.807) is 24.3 Å². The van der Waals surface area contributed by atoms with E-state index in [1.807, 2.05) is 13.8 Å². The lowest BCUT2D eigenvalue weighted by molar-refractivity contribution is 0.0731. The number of ketones is 1. The SMILES string of the molecule is CC(=O)c1ccc(C(=O)Oc2c(C)cc(Cc3cc(C)c(C)c(C)c3)cc2C)cc1. The lowest BCUT2D eigenvalue weighted by Crippen LogP contribution is -2.11. The molecule has 154 valence electrons. The predicted octanol–water partition coefficient (Wildman–Crippen LogP) is 6.24. The summed E-state index contributed by atoms with van der Waals surface area (Å²) in [6.45, 7) is 11.9. The number of aryl methyl sites for hydroxylation is 4. The van der Waals surface area contributed by atoms with Crippen LogP contribution in [0.15, 0.2) is 48.5 Å². The molecule has 0 aromatic heterocycles. The zero-order chi connectivity index (χ0) is 22.0. The first-order valence-electron chi connectivity index (χ1n) is 10.2. The number of hydrogen-bond donors (Lipinski definition) is 0. The Morgan fingerprint density at radius 3 is 1.60 bits per heavy atom. The third kappa shape index (κ3) is 4.68. The van der Waals surface area contributed by atoms with E-state index in [1.165, 1.54) is 34.7 Å². The van der Waals surface area contributed by atoms with Gasteiger partial charge in [0.05, 0.1) is 5.56 Å². The van der Waals surface area contributed by atoms with Gasteiger partial charge in [0.15, 0.2) is 5.78 Å². The summed E-state index contributed by atoms with van der Waals surface area (Å²) in [5.41, 5.74) is 9.28. The highest BCUT2D eigenvalue weighted by Crippen LogP contribution is 2.28. The molecule has 0 aliphatic rings. The van der Waals surface area contributed by atoms with Gasteiger partial charge in [-0.25, -0.2) is 4.79 Å². The normalized spacial score (nSPS) is 10.7. The van der Waals surface area contributed by atoms with Crippen molar-refractivity contribution in [2.75, 3.05) is 0 Å². The predicted molar refractivity (Wildman–Crippen MR) is 121 cm³/mol. The highest BCUT2D eigenvalue weighted by molar-refractivity contribution is 5.96. The van der Waals surface area contributed by atoms with E-state index in [2.05, 4.69) is 45.0 Å². The fraction of sp³-hybridized carbons (Fsp3) is 0.259. The maximum absolute atomic E-state index is 12.6. The second kappa shape index (κ2) is 8.66. The third-order valence-electron chi connectivity index (χ3n) is 5.64. The van der Waals surface area contributed by atoms with Crippen LogP contribution in [0.5, 0.6) is 5.75 Å². The molecule has 0 radical (unpaired) electrons. The van der Waals surface area contributed by atoms with Gasteiger partial charge in [-0.15, -0.1) is 0 Å². The quantitative estimate of drug-likeness (QED) is 0.289. The fourth-order valence-electron chi connectivity index (χ4n) is 3.76. The van der Waals surface area contributed by atoms with Crippen molar-refractivity contribution in [2.45, 2.75) is 48.0 Å². The molecule has 3 rings (SSSR count). The van der Waals surface area contributed by atoms with Crippen LogP contribution in [0.4, 0.5) is 0 Å². The maximum atomic E-state index is 12.6. The summed E-state index contributed by atoms with van der Waals surface area (Å²) >= 11 is 0. The Hall–Kier alpha value is -3.20. The first-order chi connectivity index (χ1) is 14.2. The number of carbonyl (C=O) groups excluding carboxylic acids is 2. The molecule has 0 N–H and O–H groups in total. The van der Waals surface area contributed by atoms with Crippen molar-refractivity contribution in [1.82, 2.24) is 0 Å². The molecule has 0 bridgehead atoms. The Bertz CT molecular complexity index is 1080. The molecule has 0 atom stereocenters. The molecule has 0 fully saturated rings. The van der Waals surface area contributed by atoms with Crippen molar-refractivity contribution in [3.8, 4) is 5.75 Å². The Kier molecular flexibility index (Phi) is 6.21. The van der Waals surface area contributed by atoms with Gasteiger partial charge in [-0.1, -0.05) is 36.4 Å². The standard InChI is InChI=1S/C27H28O3/c1-16-11-22(12-17(2)20(16)5)15-23-13-18(3)26(19(4)14-23)30-27(29)25-9-7-24(8-10-25)21(6)28/h7-14H,15H2,1-6H3. The van der Waals surface area contributed by atoms with Crippen LogP contribution in [0.25, 0.3) is 0 Å². The number of esters is 1. The Morgan fingerprint density at radius 1 is 0.700 bits per heavy atom. The smallest absolute Gasteiger partial charge is 0.343 e. The van der Waals surface area contributed by atoms with Crippen LogP contribution in [0.3, 0.4) is 0 Å². The van der Waals surface area contributed by atoms with E-state index in [9.17, 15) is 9.59 Å². The minimum atomic E-state index is -0.422. The summed E-state index contributed by atoms with van der Waals surface area (Å²) in [5.74, 6) is 0.139. The van der Waals surface area contributed by atoms with Gasteiger partial charge < -0.3 is 4.74 Å². The van der Waals surface area contributed by atoms with Crippen molar-refractivity contribution in [1.29, 1.82) is 0 Å². The summed E-state index contributed by atoms with van der Waals surface area (Å²) < 4.78 is 5.70. The van der Waals surface area contributed by atoms with E-state index in [4.69, 9.17) is 4.74 Å². The Labute approximate surface area is 178 Å². The largest absolute Gasteiger partial charge is 0.422 e. The molecule has 3 heteroatoms. The van der Waals surface area contributed by atoms with E-state index < -0.39 is 5.97 Å². The molecular weight excluding hydrogens is 372 g/mol. The van der Waals surface area contributed by atoms with Gasteiger partial charge in [0.25, 0.3) is 0 Å². The van der Waals surface area contributed by atoms with Gasteiger partial charge >= 0.3 is 5.97 Å². The number of rotatable bonds is 5. The molecular formula is C27H28O3. The van der Waals surface area contributed by atoms with Gasteiger partial charge in [0.2, 0.25) is 0 Å². The zero-order valence-electron chi connectivity index (χ0n) is 18.6. The summed E-state index contributed by atoms with van der Waals surface area (Å²) in [7, 11) is 0. The van der Waals surface area contributed by atoms with Gasteiger partial charge in [-0.05, 0) is 99.0 Å². The molecule has 0 heterocycles. The van der Waals surface area contributed by atoms with Crippen LogP contribution in [0.1, 0.15) is 66.6 Å². The van der Waals surface area contributed by atoms with Crippen molar-refractivity contribution in [3.05, 3.63) is 98.6 Å². The Balaban J connectivity index is 1.80. The molecule has 3 nitrogen and oxygen atoms in total. The lowest BCUT2D eigenvalue weighted by atomic mass is 9.95. The molecule has 0 amide bonds. The fourth-order valence-corrected chi connectivity index (χ4v) is 3.76. The van der Waals surface area contributed by atoms with Crippen molar-refractivity contribution in [2.24, 2.45) is 0 Å². The summed E-state index contributed by atoms with van der Waals surface area (Å²) in [6, 6.07) is 15.2. The molecule has 0 spiro atoms. The number of carbonyl (C=O) groups is 2. The van der Waals surface area contributed by atoms with Crippen molar-refractivity contribution >= 4 is 11.8 Å². The van der Waals surface area contributed by atoms with Gasteiger partial charge in [0, 0.05) is 5.56 Å².